The predicted molar refractivity (Wildman–Crippen MR) is 52.4 cm³/mol. The molecule has 0 aromatic carbocycles. The number of hydrogen-bond acceptors (Lipinski definition) is 6. The van der Waals surface area contributed by atoms with E-state index >= 15 is 0 Å². The lowest BCUT2D eigenvalue weighted by Crippen LogP contribution is -2.48. The normalized spacial score (nSPS) is 11.9. The summed E-state index contributed by atoms with van der Waals surface area (Å²) in [6, 6.07) is -1.03. The van der Waals surface area contributed by atoms with E-state index in [1.807, 2.05) is 0 Å². The molecule has 4 N–H and O–H groups in total. The first-order valence-corrected chi connectivity index (χ1v) is 4.63. The van der Waals surface area contributed by atoms with Crippen molar-refractivity contribution in [3.63, 3.8) is 0 Å². The minimum absolute atomic E-state index is 0.0434. The van der Waals surface area contributed by atoms with Gasteiger partial charge in [-0.1, -0.05) is 0 Å². The molecule has 0 aliphatic carbocycles. The van der Waals surface area contributed by atoms with Gasteiger partial charge in [0, 0.05) is 0 Å². The first kappa shape index (κ1) is 14.6. The van der Waals surface area contributed by atoms with Crippen molar-refractivity contribution >= 4 is 12.1 Å². The molecule has 8 heteroatoms. The van der Waals surface area contributed by atoms with Crippen LogP contribution in [0.3, 0.4) is 0 Å². The average Bonchev–Trinajstić information content (AvgIpc) is 2.23. The molecule has 0 fully saturated rings. The highest BCUT2D eigenvalue weighted by molar-refractivity contribution is 5.90. The van der Waals surface area contributed by atoms with Gasteiger partial charge in [-0.25, -0.2) is 14.5 Å². The zero-order valence-electron chi connectivity index (χ0n) is 8.96. The van der Waals surface area contributed by atoms with Crippen LogP contribution in [0.25, 0.3) is 0 Å². The van der Waals surface area contributed by atoms with Crippen LogP contribution < -0.4 is 5.73 Å². The van der Waals surface area contributed by atoms with Gasteiger partial charge in [0.05, 0.1) is 19.8 Å². The van der Waals surface area contributed by atoms with Crippen LogP contribution in [-0.4, -0.2) is 59.9 Å². The predicted octanol–water partition coefficient (Wildman–Crippen LogP) is -1.15. The fraction of sp³-hybridized carbons (Fsp3) is 0.750. The Hall–Kier alpha value is -1.38. The van der Waals surface area contributed by atoms with Crippen molar-refractivity contribution in [2.45, 2.75) is 13.2 Å². The summed E-state index contributed by atoms with van der Waals surface area (Å²) in [5.41, 5.74) is 4.96. The summed E-state index contributed by atoms with van der Waals surface area (Å²) in [5, 5.41) is 16.9. The van der Waals surface area contributed by atoms with E-state index in [-0.39, 0.29) is 26.4 Å². The largest absolute Gasteiger partial charge is 0.447 e. The van der Waals surface area contributed by atoms with Crippen LogP contribution in [0.5, 0.6) is 0 Å². The minimum atomic E-state index is -1.03. The molecule has 0 radical (unpaired) electrons. The molecule has 0 saturated heterocycles. The molecule has 0 aromatic rings. The first-order valence-electron chi connectivity index (χ1n) is 4.63. The Bertz CT molecular complexity index is 235. The highest BCUT2D eigenvalue weighted by Crippen LogP contribution is 2.03. The molecule has 16 heavy (non-hydrogen) atoms. The van der Waals surface area contributed by atoms with Crippen molar-refractivity contribution in [3.05, 3.63) is 0 Å². The van der Waals surface area contributed by atoms with Crippen molar-refractivity contribution in [2.24, 2.45) is 5.73 Å². The van der Waals surface area contributed by atoms with Crippen molar-refractivity contribution in [2.75, 3.05) is 26.4 Å². The zero-order valence-corrected chi connectivity index (χ0v) is 8.96. The van der Waals surface area contributed by atoms with Gasteiger partial charge in [-0.05, 0) is 6.92 Å². The van der Waals surface area contributed by atoms with Gasteiger partial charge < -0.3 is 25.4 Å². The molecule has 0 aliphatic heterocycles. The Balaban J connectivity index is 4.35. The molecule has 0 aromatic heterocycles. The Morgan fingerprint density at radius 3 is 2.31 bits per heavy atom. The van der Waals surface area contributed by atoms with Crippen LogP contribution in [0.2, 0.25) is 0 Å². The molecule has 1 atom stereocenters. The van der Waals surface area contributed by atoms with Gasteiger partial charge in [-0.3, -0.25) is 0 Å². The Morgan fingerprint density at radius 2 is 1.88 bits per heavy atom. The van der Waals surface area contributed by atoms with E-state index in [4.69, 9.17) is 20.7 Å². The van der Waals surface area contributed by atoms with E-state index in [9.17, 15) is 9.59 Å². The lowest BCUT2D eigenvalue weighted by molar-refractivity contribution is -0.0351. The number of carbonyl (C=O) groups is 2. The first-order chi connectivity index (χ1) is 7.54. The second-order valence-corrected chi connectivity index (χ2v) is 2.74. The monoisotopic (exact) mass is 236 g/mol. The molecule has 1 unspecified atom stereocenters. The third-order valence-corrected chi connectivity index (χ3v) is 1.56. The number of amides is 3. The van der Waals surface area contributed by atoms with Gasteiger partial charge in [0.15, 0.2) is 0 Å². The number of primary amides is 1. The molecule has 8 nitrogen and oxygen atoms in total. The molecule has 3 amide bonds. The number of rotatable bonds is 6. The van der Waals surface area contributed by atoms with Gasteiger partial charge >= 0.3 is 12.1 Å². The third-order valence-electron chi connectivity index (χ3n) is 1.56. The average molecular weight is 236 g/mol. The number of imide groups is 1. The van der Waals surface area contributed by atoms with Gasteiger partial charge in [-0.15, -0.1) is 0 Å². The molecule has 94 valence electrons. The number of hydrogen-bond donors (Lipinski definition) is 3. The van der Waals surface area contributed by atoms with Crippen LogP contribution in [0, 0.1) is 0 Å². The second-order valence-electron chi connectivity index (χ2n) is 2.74. The number of nitrogens with two attached hydrogens (primary N) is 1. The van der Waals surface area contributed by atoms with E-state index in [0.29, 0.717) is 4.90 Å². The number of nitrogens with zero attached hydrogens (tertiary/aromatic N) is 1. The summed E-state index contributed by atoms with van der Waals surface area (Å²) >= 11 is 0. The van der Waals surface area contributed by atoms with E-state index in [1.54, 1.807) is 0 Å². The zero-order chi connectivity index (χ0) is 12.6. The number of ether oxygens (including phenoxy) is 2. The van der Waals surface area contributed by atoms with Gasteiger partial charge in [-0.2, -0.15) is 0 Å². The summed E-state index contributed by atoms with van der Waals surface area (Å²) in [6.07, 6.45) is -1.96. The van der Waals surface area contributed by atoms with E-state index in [0.717, 1.165) is 0 Å². The van der Waals surface area contributed by atoms with Crippen LogP contribution in [0.1, 0.15) is 6.92 Å². The smallest absolute Gasteiger partial charge is 0.420 e. The molecule has 0 bridgehead atoms. The molecule has 0 heterocycles. The van der Waals surface area contributed by atoms with Gasteiger partial charge in [0.2, 0.25) is 0 Å². The Morgan fingerprint density at radius 1 is 1.31 bits per heavy atom. The van der Waals surface area contributed by atoms with Crippen LogP contribution >= 0.6 is 0 Å². The standard InChI is InChI=1S/C8H16N2O6/c1-6(15-4-2-11)10(7(9)13)8(14)16-5-3-12/h6,11-12H,2-5H2,1H3,(H2,9,13). The van der Waals surface area contributed by atoms with E-state index in [1.165, 1.54) is 6.92 Å². The van der Waals surface area contributed by atoms with Crippen LogP contribution in [0.15, 0.2) is 0 Å². The highest BCUT2D eigenvalue weighted by atomic mass is 16.6. The molecule has 0 rings (SSSR count). The SMILES string of the molecule is CC(OCCO)N(C(N)=O)C(=O)OCCO. The van der Waals surface area contributed by atoms with Crippen molar-refractivity contribution in [1.82, 2.24) is 4.90 Å². The lowest BCUT2D eigenvalue weighted by atomic mass is 10.5. The Kier molecular flexibility index (Phi) is 7.18. The Labute approximate surface area is 92.5 Å². The quantitative estimate of drug-likeness (QED) is 0.500. The summed E-state index contributed by atoms with van der Waals surface area (Å²) in [6.45, 7) is 0.515. The minimum Gasteiger partial charge on any atom is -0.447 e. The van der Waals surface area contributed by atoms with Crippen molar-refractivity contribution < 1.29 is 29.3 Å². The summed E-state index contributed by atoms with van der Waals surface area (Å²) in [4.78, 5) is 22.8. The highest BCUT2D eigenvalue weighted by Gasteiger charge is 2.26. The summed E-state index contributed by atoms with van der Waals surface area (Å²) in [5.74, 6) is 0. The van der Waals surface area contributed by atoms with Gasteiger partial charge in [0.1, 0.15) is 12.8 Å². The molecular formula is C8H16N2O6. The summed E-state index contributed by atoms with van der Waals surface area (Å²) in [7, 11) is 0. The number of aliphatic hydroxyl groups excluding tert-OH is 2. The fourth-order valence-corrected chi connectivity index (χ4v) is 0.918. The number of carbonyl (C=O) groups excluding carboxylic acids is 2. The van der Waals surface area contributed by atoms with E-state index in [2.05, 4.69) is 4.74 Å². The second kappa shape index (κ2) is 7.85. The fourth-order valence-electron chi connectivity index (χ4n) is 0.918. The number of aliphatic hydroxyl groups is 2. The van der Waals surface area contributed by atoms with E-state index < -0.39 is 18.4 Å². The molecule has 0 aliphatic rings. The molecule has 0 spiro atoms. The maximum Gasteiger partial charge on any atom is 0.420 e. The lowest BCUT2D eigenvalue weighted by Gasteiger charge is -2.24. The topological polar surface area (TPSA) is 122 Å². The van der Waals surface area contributed by atoms with Crippen molar-refractivity contribution in [3.8, 4) is 0 Å². The third kappa shape index (κ3) is 4.91. The van der Waals surface area contributed by atoms with Crippen LogP contribution in [-0.2, 0) is 9.47 Å². The summed E-state index contributed by atoms with van der Waals surface area (Å²) < 4.78 is 9.44. The molecular weight excluding hydrogens is 220 g/mol. The maximum absolute atomic E-state index is 11.3. The van der Waals surface area contributed by atoms with Gasteiger partial charge in [0.25, 0.3) is 0 Å². The maximum atomic E-state index is 11.3. The number of urea groups is 1. The van der Waals surface area contributed by atoms with Crippen molar-refractivity contribution in [1.29, 1.82) is 0 Å². The molecule has 0 saturated carbocycles. The van der Waals surface area contributed by atoms with Crippen LogP contribution in [0.4, 0.5) is 9.59 Å².